The van der Waals surface area contributed by atoms with Gasteiger partial charge in [-0.25, -0.2) is 0 Å². The molecule has 0 saturated carbocycles. The Bertz CT molecular complexity index is 192. The molecule has 2 N–H and O–H groups in total. The summed E-state index contributed by atoms with van der Waals surface area (Å²) in [6, 6.07) is 0.317. The molecule has 1 rings (SSSR count). The van der Waals surface area contributed by atoms with Gasteiger partial charge in [-0.3, -0.25) is 4.99 Å². The number of amidine groups is 1. The van der Waals surface area contributed by atoms with E-state index in [-0.39, 0.29) is 6.61 Å². The fraction of sp³-hybridized carbons (Fsp3) is 0.909. The Balaban J connectivity index is 2.37. The molecule has 82 valence electrons. The predicted octanol–water partition coefficient (Wildman–Crippen LogP) is 1.57. The van der Waals surface area contributed by atoms with Gasteiger partial charge >= 0.3 is 0 Å². The van der Waals surface area contributed by atoms with Crippen LogP contribution >= 0.6 is 0 Å². The summed E-state index contributed by atoms with van der Waals surface area (Å²) in [6.45, 7) is 5.35. The third kappa shape index (κ3) is 3.66. The van der Waals surface area contributed by atoms with Crippen molar-refractivity contribution in [2.24, 2.45) is 10.9 Å². The Morgan fingerprint density at radius 2 is 2.14 bits per heavy atom. The lowest BCUT2D eigenvalue weighted by Crippen LogP contribution is -2.38. The lowest BCUT2D eigenvalue weighted by Gasteiger charge is -2.21. The summed E-state index contributed by atoms with van der Waals surface area (Å²) in [6.07, 6.45) is 4.82. The number of hydrogen-bond donors (Lipinski definition) is 2. The number of aliphatic imine (C=N–C) groups is 1. The minimum Gasteiger partial charge on any atom is -0.396 e. The summed E-state index contributed by atoms with van der Waals surface area (Å²) < 4.78 is 0. The van der Waals surface area contributed by atoms with Gasteiger partial charge in [0, 0.05) is 25.6 Å². The standard InChI is InChI=1S/C11H22N2O/c1-9(8-14)10(2)13-11-6-4-3-5-7-12-11/h9-10,14H,3-8H2,1-2H3,(H,12,13). The van der Waals surface area contributed by atoms with Crippen molar-refractivity contribution in [1.82, 2.24) is 5.32 Å². The Morgan fingerprint density at radius 1 is 1.36 bits per heavy atom. The van der Waals surface area contributed by atoms with Crippen molar-refractivity contribution in [1.29, 1.82) is 0 Å². The van der Waals surface area contributed by atoms with Crippen molar-refractivity contribution in [3.05, 3.63) is 0 Å². The average molecular weight is 198 g/mol. The van der Waals surface area contributed by atoms with Crippen LogP contribution in [0.15, 0.2) is 4.99 Å². The van der Waals surface area contributed by atoms with Crippen molar-refractivity contribution >= 4 is 5.84 Å². The molecule has 0 saturated heterocycles. The van der Waals surface area contributed by atoms with Gasteiger partial charge in [0.05, 0.1) is 5.84 Å². The van der Waals surface area contributed by atoms with Gasteiger partial charge in [0.15, 0.2) is 0 Å². The van der Waals surface area contributed by atoms with E-state index in [2.05, 4.69) is 24.2 Å². The first-order valence-electron chi connectivity index (χ1n) is 5.64. The van der Waals surface area contributed by atoms with Crippen LogP contribution in [0.3, 0.4) is 0 Å². The molecule has 14 heavy (non-hydrogen) atoms. The number of rotatable bonds is 3. The second-order valence-electron chi connectivity index (χ2n) is 4.23. The maximum Gasteiger partial charge on any atom is 0.0965 e. The van der Waals surface area contributed by atoms with E-state index in [1.165, 1.54) is 19.3 Å². The van der Waals surface area contributed by atoms with Crippen LogP contribution in [0.2, 0.25) is 0 Å². The predicted molar refractivity (Wildman–Crippen MR) is 59.6 cm³/mol. The fourth-order valence-electron chi connectivity index (χ4n) is 1.56. The Labute approximate surface area is 86.6 Å². The second kappa shape index (κ2) is 6.02. The summed E-state index contributed by atoms with van der Waals surface area (Å²) in [5, 5.41) is 12.4. The summed E-state index contributed by atoms with van der Waals surface area (Å²) in [4.78, 5) is 4.50. The molecule has 0 spiro atoms. The van der Waals surface area contributed by atoms with Gasteiger partial charge in [-0.15, -0.1) is 0 Å². The van der Waals surface area contributed by atoms with Gasteiger partial charge in [-0.2, -0.15) is 0 Å². The van der Waals surface area contributed by atoms with E-state index < -0.39 is 0 Å². The zero-order valence-corrected chi connectivity index (χ0v) is 9.29. The summed E-state index contributed by atoms with van der Waals surface area (Å²) in [5.74, 6) is 1.43. The molecule has 3 heteroatoms. The molecule has 0 aliphatic carbocycles. The minimum atomic E-state index is 0.238. The molecule has 1 heterocycles. The van der Waals surface area contributed by atoms with Crippen molar-refractivity contribution < 1.29 is 5.11 Å². The van der Waals surface area contributed by atoms with E-state index in [4.69, 9.17) is 5.11 Å². The lowest BCUT2D eigenvalue weighted by molar-refractivity contribution is 0.215. The van der Waals surface area contributed by atoms with E-state index in [1.807, 2.05) is 0 Å². The molecule has 2 atom stereocenters. The SMILES string of the molecule is CC(CO)C(C)NC1=NCCCCC1. The highest BCUT2D eigenvalue weighted by Gasteiger charge is 2.13. The van der Waals surface area contributed by atoms with Gasteiger partial charge < -0.3 is 10.4 Å². The van der Waals surface area contributed by atoms with Gasteiger partial charge in [0.25, 0.3) is 0 Å². The van der Waals surface area contributed by atoms with Crippen LogP contribution in [-0.4, -0.2) is 30.1 Å². The summed E-state index contributed by atoms with van der Waals surface area (Å²) in [7, 11) is 0. The van der Waals surface area contributed by atoms with E-state index in [0.717, 1.165) is 18.8 Å². The molecule has 1 aliphatic heterocycles. The maximum atomic E-state index is 9.01. The van der Waals surface area contributed by atoms with Crippen molar-refractivity contribution in [3.63, 3.8) is 0 Å². The van der Waals surface area contributed by atoms with Crippen molar-refractivity contribution in [3.8, 4) is 0 Å². The number of aliphatic hydroxyl groups excluding tert-OH is 1. The van der Waals surface area contributed by atoms with E-state index in [0.29, 0.717) is 12.0 Å². The monoisotopic (exact) mass is 198 g/mol. The van der Waals surface area contributed by atoms with Crippen LogP contribution in [0.25, 0.3) is 0 Å². The highest BCUT2D eigenvalue weighted by molar-refractivity contribution is 5.82. The van der Waals surface area contributed by atoms with Gasteiger partial charge in [0.1, 0.15) is 0 Å². The van der Waals surface area contributed by atoms with Crippen LogP contribution in [0.4, 0.5) is 0 Å². The Kier molecular flexibility index (Phi) is 4.94. The Hall–Kier alpha value is -0.570. The van der Waals surface area contributed by atoms with Crippen molar-refractivity contribution in [2.45, 2.75) is 45.6 Å². The van der Waals surface area contributed by atoms with Gasteiger partial charge in [-0.1, -0.05) is 13.3 Å². The largest absolute Gasteiger partial charge is 0.396 e. The smallest absolute Gasteiger partial charge is 0.0965 e. The van der Waals surface area contributed by atoms with Crippen molar-refractivity contribution in [2.75, 3.05) is 13.2 Å². The highest BCUT2D eigenvalue weighted by atomic mass is 16.3. The molecule has 0 aromatic carbocycles. The van der Waals surface area contributed by atoms with E-state index in [9.17, 15) is 0 Å². The molecule has 3 nitrogen and oxygen atoms in total. The first-order valence-corrected chi connectivity index (χ1v) is 5.64. The Morgan fingerprint density at radius 3 is 2.86 bits per heavy atom. The second-order valence-corrected chi connectivity index (χ2v) is 4.23. The summed E-state index contributed by atoms with van der Waals surface area (Å²) >= 11 is 0. The lowest BCUT2D eigenvalue weighted by atomic mass is 10.0. The van der Waals surface area contributed by atoms with E-state index in [1.54, 1.807) is 0 Å². The molecular formula is C11H22N2O. The first-order chi connectivity index (χ1) is 6.74. The molecule has 0 radical (unpaired) electrons. The van der Waals surface area contributed by atoms with Crippen LogP contribution in [-0.2, 0) is 0 Å². The number of hydrogen-bond acceptors (Lipinski definition) is 3. The fourth-order valence-corrected chi connectivity index (χ4v) is 1.56. The molecule has 0 aromatic rings. The third-order valence-corrected chi connectivity index (χ3v) is 2.91. The van der Waals surface area contributed by atoms with Crippen LogP contribution in [0.1, 0.15) is 39.5 Å². The maximum absolute atomic E-state index is 9.01. The number of aliphatic hydroxyl groups is 1. The molecule has 0 amide bonds. The van der Waals surface area contributed by atoms with Gasteiger partial charge in [-0.05, 0) is 25.7 Å². The molecule has 0 fully saturated rings. The summed E-state index contributed by atoms with van der Waals surface area (Å²) in [5.41, 5.74) is 0. The van der Waals surface area contributed by atoms with Gasteiger partial charge in [0.2, 0.25) is 0 Å². The number of nitrogens with zero attached hydrogens (tertiary/aromatic N) is 1. The minimum absolute atomic E-state index is 0.238. The normalized spacial score (nSPS) is 22.1. The first kappa shape index (κ1) is 11.5. The quantitative estimate of drug-likeness (QED) is 0.723. The zero-order chi connectivity index (χ0) is 10.4. The van der Waals surface area contributed by atoms with Crippen LogP contribution < -0.4 is 5.32 Å². The molecular weight excluding hydrogens is 176 g/mol. The molecule has 0 bridgehead atoms. The average Bonchev–Trinajstić information content (AvgIpc) is 2.45. The molecule has 1 aliphatic rings. The number of nitrogens with one attached hydrogen (secondary N) is 1. The molecule has 0 aromatic heterocycles. The third-order valence-electron chi connectivity index (χ3n) is 2.91. The highest BCUT2D eigenvalue weighted by Crippen LogP contribution is 2.08. The zero-order valence-electron chi connectivity index (χ0n) is 9.29. The topological polar surface area (TPSA) is 44.6 Å². The molecule has 2 unspecified atom stereocenters. The van der Waals surface area contributed by atoms with E-state index >= 15 is 0 Å². The van der Waals surface area contributed by atoms with Crippen LogP contribution in [0, 0.1) is 5.92 Å². The van der Waals surface area contributed by atoms with Crippen LogP contribution in [0.5, 0.6) is 0 Å².